The standard InChI is InChI=1S/C21H18N2OS2/c1-2-15-9-6-10-17-16(12-22-19(15)17)11-18-20(24)23(21(25)26-18)13-14-7-4-3-5-8-14/h3-12,24H,2,13H2,1H3. The maximum atomic E-state index is 10.7. The Labute approximate surface area is 161 Å². The number of aliphatic imine (C=N–C) groups is 1. The minimum atomic E-state index is 0.213. The Kier molecular flexibility index (Phi) is 4.57. The molecule has 1 aliphatic heterocycles. The van der Waals surface area contributed by atoms with Crippen molar-refractivity contribution in [1.82, 2.24) is 4.57 Å². The molecule has 0 saturated carbocycles. The molecule has 0 amide bonds. The van der Waals surface area contributed by atoms with E-state index in [2.05, 4.69) is 30.1 Å². The van der Waals surface area contributed by atoms with Gasteiger partial charge in [0.25, 0.3) is 0 Å². The van der Waals surface area contributed by atoms with Crippen molar-refractivity contribution in [2.24, 2.45) is 4.99 Å². The summed E-state index contributed by atoms with van der Waals surface area (Å²) in [6.45, 7) is 2.70. The molecule has 3 nitrogen and oxygen atoms in total. The highest BCUT2D eigenvalue weighted by molar-refractivity contribution is 7.73. The van der Waals surface area contributed by atoms with E-state index >= 15 is 0 Å². The van der Waals surface area contributed by atoms with Gasteiger partial charge in [-0.05, 0) is 35.8 Å². The third-order valence-electron chi connectivity index (χ3n) is 4.51. The summed E-state index contributed by atoms with van der Waals surface area (Å²) >= 11 is 6.90. The molecule has 5 heteroatoms. The molecule has 0 saturated heterocycles. The molecule has 0 aliphatic carbocycles. The lowest BCUT2D eigenvalue weighted by molar-refractivity contribution is 0.422. The Morgan fingerprint density at radius 2 is 1.96 bits per heavy atom. The Balaban J connectivity index is 1.72. The summed E-state index contributed by atoms with van der Waals surface area (Å²) < 4.78 is 2.44. The van der Waals surface area contributed by atoms with E-state index in [1.807, 2.05) is 42.6 Å². The maximum Gasteiger partial charge on any atom is 0.210 e. The molecule has 0 unspecified atom stereocenters. The molecule has 0 radical (unpaired) electrons. The summed E-state index contributed by atoms with van der Waals surface area (Å²) in [5.74, 6) is 0.213. The van der Waals surface area contributed by atoms with Gasteiger partial charge in [-0.1, -0.05) is 55.5 Å². The smallest absolute Gasteiger partial charge is 0.210 e. The first-order chi connectivity index (χ1) is 12.7. The van der Waals surface area contributed by atoms with Crippen molar-refractivity contribution < 1.29 is 5.11 Å². The SMILES string of the molecule is CCc1cccc2c1N=CC2=Cc1sc(=S)n(Cc2ccccc2)c1O. The van der Waals surface area contributed by atoms with Crippen LogP contribution in [0, 0.1) is 3.95 Å². The van der Waals surface area contributed by atoms with Gasteiger partial charge < -0.3 is 5.11 Å². The van der Waals surface area contributed by atoms with Crippen LogP contribution in [-0.2, 0) is 13.0 Å². The number of aryl methyl sites for hydroxylation is 1. The Bertz CT molecular complexity index is 1080. The highest BCUT2D eigenvalue weighted by atomic mass is 32.1. The zero-order chi connectivity index (χ0) is 18.1. The third-order valence-corrected chi connectivity index (χ3v) is 5.89. The summed E-state index contributed by atoms with van der Waals surface area (Å²) in [5, 5.41) is 10.7. The van der Waals surface area contributed by atoms with Gasteiger partial charge in [0.2, 0.25) is 5.88 Å². The Morgan fingerprint density at radius 3 is 2.73 bits per heavy atom. The highest BCUT2D eigenvalue weighted by Crippen LogP contribution is 2.38. The van der Waals surface area contributed by atoms with Crippen LogP contribution in [-0.4, -0.2) is 15.9 Å². The van der Waals surface area contributed by atoms with Crippen molar-refractivity contribution in [2.45, 2.75) is 19.9 Å². The predicted molar refractivity (Wildman–Crippen MR) is 112 cm³/mol. The number of fused-ring (bicyclic) bond motifs is 1. The van der Waals surface area contributed by atoms with E-state index in [0.717, 1.165) is 33.7 Å². The number of allylic oxidation sites excluding steroid dienone is 1. The van der Waals surface area contributed by atoms with E-state index < -0.39 is 0 Å². The molecule has 0 fully saturated rings. The van der Waals surface area contributed by atoms with Crippen LogP contribution in [0.3, 0.4) is 0 Å². The van der Waals surface area contributed by atoms with Crippen molar-refractivity contribution in [1.29, 1.82) is 0 Å². The number of benzene rings is 2. The van der Waals surface area contributed by atoms with Crippen molar-refractivity contribution >= 4 is 47.1 Å². The van der Waals surface area contributed by atoms with Crippen LogP contribution < -0.4 is 0 Å². The fourth-order valence-electron chi connectivity index (χ4n) is 3.14. The lowest BCUT2D eigenvalue weighted by atomic mass is 10.0. The summed E-state index contributed by atoms with van der Waals surface area (Å²) in [6, 6.07) is 16.3. The predicted octanol–water partition coefficient (Wildman–Crippen LogP) is 5.85. The van der Waals surface area contributed by atoms with Gasteiger partial charge >= 0.3 is 0 Å². The normalized spacial score (nSPS) is 14.1. The maximum absolute atomic E-state index is 10.7. The van der Waals surface area contributed by atoms with E-state index in [4.69, 9.17) is 12.2 Å². The second-order valence-corrected chi connectivity index (χ2v) is 7.83. The van der Waals surface area contributed by atoms with Gasteiger partial charge in [-0.3, -0.25) is 9.56 Å². The fraction of sp³-hybridized carbons (Fsp3) is 0.143. The number of para-hydroxylation sites is 1. The largest absolute Gasteiger partial charge is 0.493 e. The number of hydrogen-bond donors (Lipinski definition) is 1. The van der Waals surface area contributed by atoms with Crippen LogP contribution in [0.25, 0.3) is 11.6 Å². The minimum Gasteiger partial charge on any atom is -0.493 e. The van der Waals surface area contributed by atoms with Crippen molar-refractivity contribution in [2.75, 3.05) is 0 Å². The fourth-order valence-corrected chi connectivity index (χ4v) is 4.39. The molecule has 26 heavy (non-hydrogen) atoms. The van der Waals surface area contributed by atoms with Crippen molar-refractivity contribution in [3.8, 4) is 5.88 Å². The number of rotatable bonds is 4. The lowest BCUT2D eigenvalue weighted by Gasteiger charge is -2.05. The van der Waals surface area contributed by atoms with Gasteiger partial charge in [0.15, 0.2) is 3.95 Å². The molecule has 1 aliphatic rings. The second kappa shape index (κ2) is 7.02. The highest BCUT2D eigenvalue weighted by Gasteiger charge is 2.17. The van der Waals surface area contributed by atoms with Crippen LogP contribution in [0.4, 0.5) is 5.69 Å². The number of hydrogen-bond acceptors (Lipinski definition) is 4. The van der Waals surface area contributed by atoms with Gasteiger partial charge in [-0.2, -0.15) is 0 Å². The Hall–Kier alpha value is -2.50. The van der Waals surface area contributed by atoms with Crippen LogP contribution in [0.5, 0.6) is 5.88 Å². The summed E-state index contributed by atoms with van der Waals surface area (Å²) in [6.07, 6.45) is 4.80. The zero-order valence-corrected chi connectivity index (χ0v) is 16.0. The van der Waals surface area contributed by atoms with E-state index in [1.165, 1.54) is 16.9 Å². The Morgan fingerprint density at radius 1 is 1.15 bits per heavy atom. The molecule has 3 aromatic rings. The van der Waals surface area contributed by atoms with Gasteiger partial charge in [0.1, 0.15) is 0 Å². The topological polar surface area (TPSA) is 37.5 Å². The van der Waals surface area contributed by atoms with E-state index in [1.54, 1.807) is 4.57 Å². The van der Waals surface area contributed by atoms with Gasteiger partial charge in [0, 0.05) is 17.4 Å². The van der Waals surface area contributed by atoms with Crippen LogP contribution in [0.2, 0.25) is 0 Å². The molecule has 2 aromatic carbocycles. The second-order valence-electron chi connectivity index (χ2n) is 6.15. The number of aromatic nitrogens is 1. The molecule has 0 bridgehead atoms. The van der Waals surface area contributed by atoms with E-state index in [-0.39, 0.29) is 5.88 Å². The van der Waals surface area contributed by atoms with E-state index in [9.17, 15) is 5.11 Å². The first-order valence-electron chi connectivity index (χ1n) is 8.52. The zero-order valence-electron chi connectivity index (χ0n) is 14.3. The van der Waals surface area contributed by atoms with Gasteiger partial charge in [-0.25, -0.2) is 0 Å². The van der Waals surface area contributed by atoms with Crippen molar-refractivity contribution in [3.63, 3.8) is 0 Å². The molecule has 130 valence electrons. The van der Waals surface area contributed by atoms with E-state index in [0.29, 0.717) is 10.5 Å². The molecule has 1 N–H and O–H groups in total. The summed E-state index contributed by atoms with van der Waals surface area (Å²) in [4.78, 5) is 5.34. The first kappa shape index (κ1) is 16.9. The molecular weight excluding hydrogens is 360 g/mol. The van der Waals surface area contributed by atoms with Gasteiger partial charge in [0.05, 0.1) is 17.1 Å². The molecule has 2 heterocycles. The van der Waals surface area contributed by atoms with Crippen molar-refractivity contribution in [3.05, 3.63) is 74.1 Å². The number of nitrogens with zero attached hydrogens (tertiary/aromatic N) is 2. The minimum absolute atomic E-state index is 0.213. The van der Waals surface area contributed by atoms with Gasteiger partial charge in [-0.15, -0.1) is 11.3 Å². The molecule has 1 aromatic heterocycles. The lowest BCUT2D eigenvalue weighted by Crippen LogP contribution is -1.98. The molecule has 0 spiro atoms. The summed E-state index contributed by atoms with van der Waals surface area (Å²) in [5.41, 5.74) is 5.50. The quantitative estimate of drug-likeness (QED) is 0.578. The monoisotopic (exact) mass is 378 g/mol. The first-order valence-corrected chi connectivity index (χ1v) is 9.74. The molecule has 4 rings (SSSR count). The van der Waals surface area contributed by atoms with Crippen LogP contribution >= 0.6 is 23.6 Å². The van der Waals surface area contributed by atoms with Crippen LogP contribution in [0.1, 0.15) is 28.5 Å². The summed E-state index contributed by atoms with van der Waals surface area (Å²) in [7, 11) is 0. The molecular formula is C21H18N2OS2. The number of aromatic hydroxyl groups is 1. The third kappa shape index (κ3) is 3.04. The average molecular weight is 379 g/mol. The molecule has 0 atom stereocenters. The van der Waals surface area contributed by atoms with Crippen LogP contribution in [0.15, 0.2) is 53.5 Å². The average Bonchev–Trinajstić information content (AvgIpc) is 3.19. The number of thiazole rings is 1.